The average Bonchev–Trinajstić information content (AvgIpc) is 2.04. The highest BCUT2D eigenvalue weighted by atomic mass is 32.2. The molecule has 0 aromatic rings. The number of hydrogen-bond donors (Lipinski definition) is 2. The van der Waals surface area contributed by atoms with E-state index in [1.54, 1.807) is 7.05 Å². The molecule has 4 heteroatoms. The van der Waals surface area contributed by atoms with E-state index in [0.717, 1.165) is 13.0 Å². The molecular formula is C7H17N3S. The lowest BCUT2D eigenvalue weighted by Crippen LogP contribution is -2.32. The van der Waals surface area contributed by atoms with Crippen molar-refractivity contribution in [1.29, 1.82) is 0 Å². The first-order valence-corrected chi connectivity index (χ1v) is 5.15. The Morgan fingerprint density at radius 1 is 1.55 bits per heavy atom. The quantitative estimate of drug-likeness (QED) is 0.367. The Kier molecular flexibility index (Phi) is 7.46. The summed E-state index contributed by atoms with van der Waals surface area (Å²) in [6.45, 7) is 0.934. The van der Waals surface area contributed by atoms with E-state index in [4.69, 9.17) is 5.73 Å². The Bertz CT molecular complexity index is 114. The second kappa shape index (κ2) is 7.72. The van der Waals surface area contributed by atoms with Gasteiger partial charge in [-0.15, -0.1) is 0 Å². The molecule has 0 saturated carbocycles. The SMILES string of the molecule is CN=C(N)NCCCCSC. The molecule has 0 heterocycles. The molecule has 3 N–H and O–H groups in total. The molecule has 0 aliphatic rings. The number of aliphatic imine (C=N–C) groups is 1. The fraction of sp³-hybridized carbons (Fsp3) is 0.857. The number of unbranched alkanes of at least 4 members (excludes halogenated alkanes) is 1. The third-order valence-electron chi connectivity index (χ3n) is 1.32. The lowest BCUT2D eigenvalue weighted by molar-refractivity contribution is 0.756. The van der Waals surface area contributed by atoms with E-state index in [1.165, 1.54) is 12.2 Å². The monoisotopic (exact) mass is 175 g/mol. The van der Waals surface area contributed by atoms with Crippen LogP contribution in [0.1, 0.15) is 12.8 Å². The Labute approximate surface area is 72.8 Å². The summed E-state index contributed by atoms with van der Waals surface area (Å²) in [6.07, 6.45) is 4.53. The second-order valence-electron chi connectivity index (χ2n) is 2.24. The van der Waals surface area contributed by atoms with Crippen molar-refractivity contribution in [2.75, 3.05) is 25.6 Å². The summed E-state index contributed by atoms with van der Waals surface area (Å²) in [7, 11) is 1.68. The van der Waals surface area contributed by atoms with Crippen molar-refractivity contribution >= 4 is 17.7 Å². The molecule has 0 bridgehead atoms. The van der Waals surface area contributed by atoms with Crippen molar-refractivity contribution in [2.45, 2.75) is 12.8 Å². The Hall–Kier alpha value is -0.380. The van der Waals surface area contributed by atoms with Crippen molar-refractivity contribution in [3.05, 3.63) is 0 Å². The number of thioether (sulfide) groups is 1. The average molecular weight is 175 g/mol. The van der Waals surface area contributed by atoms with Crippen LogP contribution in [-0.2, 0) is 0 Å². The lowest BCUT2D eigenvalue weighted by Gasteiger charge is -2.02. The largest absolute Gasteiger partial charge is 0.370 e. The molecule has 0 amide bonds. The van der Waals surface area contributed by atoms with Crippen LogP contribution in [0.5, 0.6) is 0 Å². The maximum atomic E-state index is 5.42. The van der Waals surface area contributed by atoms with Gasteiger partial charge in [0.15, 0.2) is 5.96 Å². The van der Waals surface area contributed by atoms with Gasteiger partial charge in [0.1, 0.15) is 0 Å². The van der Waals surface area contributed by atoms with Gasteiger partial charge in [-0.2, -0.15) is 11.8 Å². The van der Waals surface area contributed by atoms with E-state index < -0.39 is 0 Å². The summed E-state index contributed by atoms with van der Waals surface area (Å²) in [5.41, 5.74) is 5.42. The highest BCUT2D eigenvalue weighted by molar-refractivity contribution is 7.98. The minimum atomic E-state index is 0.536. The van der Waals surface area contributed by atoms with Gasteiger partial charge in [0, 0.05) is 13.6 Å². The van der Waals surface area contributed by atoms with Crippen LogP contribution < -0.4 is 11.1 Å². The van der Waals surface area contributed by atoms with Crippen LogP contribution in [0.15, 0.2) is 4.99 Å². The standard InChI is InChI=1S/C7H17N3S/c1-9-7(8)10-5-3-4-6-11-2/h3-6H2,1-2H3,(H3,8,9,10). The smallest absolute Gasteiger partial charge is 0.188 e. The molecule has 11 heavy (non-hydrogen) atoms. The van der Waals surface area contributed by atoms with Crippen LogP contribution >= 0.6 is 11.8 Å². The number of guanidine groups is 1. The second-order valence-corrected chi connectivity index (χ2v) is 3.22. The summed E-state index contributed by atoms with van der Waals surface area (Å²) in [5.74, 6) is 1.76. The molecule has 0 aliphatic carbocycles. The van der Waals surface area contributed by atoms with Gasteiger partial charge in [-0.05, 0) is 24.9 Å². The zero-order valence-corrected chi connectivity index (χ0v) is 8.08. The van der Waals surface area contributed by atoms with Crippen molar-refractivity contribution in [2.24, 2.45) is 10.7 Å². The third kappa shape index (κ3) is 7.52. The van der Waals surface area contributed by atoms with Gasteiger partial charge in [0.05, 0.1) is 0 Å². The number of rotatable bonds is 5. The molecule has 0 saturated heterocycles. The lowest BCUT2D eigenvalue weighted by atomic mass is 10.3. The van der Waals surface area contributed by atoms with Crippen LogP contribution in [0.2, 0.25) is 0 Å². The van der Waals surface area contributed by atoms with Crippen LogP contribution in [0, 0.1) is 0 Å². The first-order valence-electron chi connectivity index (χ1n) is 3.76. The van der Waals surface area contributed by atoms with E-state index in [0.29, 0.717) is 5.96 Å². The molecule has 0 radical (unpaired) electrons. The Morgan fingerprint density at radius 3 is 2.82 bits per heavy atom. The van der Waals surface area contributed by atoms with Gasteiger partial charge < -0.3 is 11.1 Å². The summed E-state index contributed by atoms with van der Waals surface area (Å²) in [4.78, 5) is 3.78. The van der Waals surface area contributed by atoms with Gasteiger partial charge in [0.2, 0.25) is 0 Å². The van der Waals surface area contributed by atoms with E-state index >= 15 is 0 Å². The third-order valence-corrected chi connectivity index (χ3v) is 2.02. The van der Waals surface area contributed by atoms with E-state index in [9.17, 15) is 0 Å². The Morgan fingerprint density at radius 2 is 2.27 bits per heavy atom. The molecule has 66 valence electrons. The zero-order valence-electron chi connectivity index (χ0n) is 7.26. The Balaban J connectivity index is 3.02. The number of nitrogens with one attached hydrogen (secondary N) is 1. The predicted octanol–water partition coefficient (Wildman–Crippen LogP) is 0.664. The molecule has 0 fully saturated rings. The van der Waals surface area contributed by atoms with Crippen LogP contribution in [0.4, 0.5) is 0 Å². The van der Waals surface area contributed by atoms with E-state index in [1.807, 2.05) is 11.8 Å². The summed E-state index contributed by atoms with van der Waals surface area (Å²) in [6, 6.07) is 0. The molecule has 0 aliphatic heterocycles. The van der Waals surface area contributed by atoms with Crippen LogP contribution in [0.3, 0.4) is 0 Å². The fourth-order valence-corrected chi connectivity index (χ4v) is 1.16. The molecule has 0 aromatic carbocycles. The van der Waals surface area contributed by atoms with Crippen molar-refractivity contribution in [3.63, 3.8) is 0 Å². The predicted molar refractivity (Wildman–Crippen MR) is 53.2 cm³/mol. The minimum absolute atomic E-state index is 0.536. The van der Waals surface area contributed by atoms with Gasteiger partial charge >= 0.3 is 0 Å². The van der Waals surface area contributed by atoms with Gasteiger partial charge in [0.25, 0.3) is 0 Å². The maximum Gasteiger partial charge on any atom is 0.188 e. The molecule has 3 nitrogen and oxygen atoms in total. The molecule has 0 aromatic heterocycles. The maximum absolute atomic E-state index is 5.42. The van der Waals surface area contributed by atoms with Crippen molar-refractivity contribution < 1.29 is 0 Å². The summed E-state index contributed by atoms with van der Waals surface area (Å²) >= 11 is 1.88. The fourth-order valence-electron chi connectivity index (χ4n) is 0.667. The van der Waals surface area contributed by atoms with E-state index in [2.05, 4.69) is 16.6 Å². The minimum Gasteiger partial charge on any atom is -0.370 e. The summed E-state index contributed by atoms with van der Waals surface area (Å²) in [5, 5.41) is 3.01. The van der Waals surface area contributed by atoms with Crippen molar-refractivity contribution in [3.8, 4) is 0 Å². The highest BCUT2D eigenvalue weighted by Gasteiger charge is 1.88. The highest BCUT2D eigenvalue weighted by Crippen LogP contribution is 1.97. The zero-order chi connectivity index (χ0) is 8.53. The topological polar surface area (TPSA) is 50.4 Å². The first kappa shape index (κ1) is 10.6. The molecule has 0 unspecified atom stereocenters. The number of nitrogens with two attached hydrogens (primary N) is 1. The van der Waals surface area contributed by atoms with Crippen LogP contribution in [-0.4, -0.2) is 31.6 Å². The van der Waals surface area contributed by atoms with Crippen molar-refractivity contribution in [1.82, 2.24) is 5.32 Å². The molecular weight excluding hydrogens is 158 g/mol. The molecule has 0 rings (SSSR count). The summed E-state index contributed by atoms with van der Waals surface area (Å²) < 4.78 is 0. The normalized spacial score (nSPS) is 11.6. The number of nitrogens with zero attached hydrogens (tertiary/aromatic N) is 1. The van der Waals surface area contributed by atoms with Crippen LogP contribution in [0.25, 0.3) is 0 Å². The number of hydrogen-bond acceptors (Lipinski definition) is 2. The van der Waals surface area contributed by atoms with Gasteiger partial charge in [-0.25, -0.2) is 0 Å². The molecule has 0 spiro atoms. The van der Waals surface area contributed by atoms with E-state index in [-0.39, 0.29) is 0 Å². The van der Waals surface area contributed by atoms with Gasteiger partial charge in [-0.1, -0.05) is 0 Å². The van der Waals surface area contributed by atoms with Gasteiger partial charge in [-0.3, -0.25) is 4.99 Å². The first-order chi connectivity index (χ1) is 5.31. The molecule has 0 atom stereocenters.